The van der Waals surface area contributed by atoms with Crippen LogP contribution >= 0.6 is 0 Å². The number of hydrogen-bond acceptors (Lipinski definition) is 3. The van der Waals surface area contributed by atoms with Crippen molar-refractivity contribution in [3.8, 4) is 0 Å². The molecule has 1 aliphatic rings. The maximum Gasteiger partial charge on any atom is 0.410 e. The topological polar surface area (TPSA) is 38.8 Å². The SMILES string of the molecule is O=C(OCc1ccccc1)N1CCC[C@@H](OCc2ccccc2)[C@@H]1/C=C/c1ccccc1. The first kappa shape index (κ1) is 21.8. The molecule has 4 rings (SSSR count). The highest BCUT2D eigenvalue weighted by atomic mass is 16.6. The summed E-state index contributed by atoms with van der Waals surface area (Å²) in [6.07, 6.45) is 5.53. The number of carbonyl (C=O) groups is 1. The maximum atomic E-state index is 13.0. The molecule has 1 heterocycles. The Bertz CT molecular complexity index is 989. The molecule has 0 saturated carbocycles. The van der Waals surface area contributed by atoms with Gasteiger partial charge < -0.3 is 9.47 Å². The van der Waals surface area contributed by atoms with Crippen molar-refractivity contribution in [3.05, 3.63) is 114 Å². The number of nitrogens with zero attached hydrogens (tertiary/aromatic N) is 1. The normalized spacial score (nSPS) is 18.6. The van der Waals surface area contributed by atoms with Crippen LogP contribution in [0.2, 0.25) is 0 Å². The maximum absolute atomic E-state index is 13.0. The van der Waals surface area contributed by atoms with Crippen LogP contribution in [0.3, 0.4) is 0 Å². The lowest BCUT2D eigenvalue weighted by Crippen LogP contribution is -2.51. The van der Waals surface area contributed by atoms with Gasteiger partial charge in [0.2, 0.25) is 0 Å². The molecule has 4 heteroatoms. The van der Waals surface area contributed by atoms with E-state index in [1.807, 2.05) is 71.6 Å². The quantitative estimate of drug-likeness (QED) is 0.458. The number of hydrogen-bond donors (Lipinski definition) is 0. The summed E-state index contributed by atoms with van der Waals surface area (Å²) in [5.41, 5.74) is 3.20. The third-order valence-electron chi connectivity index (χ3n) is 5.66. The van der Waals surface area contributed by atoms with E-state index in [4.69, 9.17) is 9.47 Å². The second-order valence-corrected chi connectivity index (χ2v) is 7.97. The number of amides is 1. The minimum Gasteiger partial charge on any atom is -0.445 e. The lowest BCUT2D eigenvalue weighted by Gasteiger charge is -2.39. The zero-order valence-electron chi connectivity index (χ0n) is 18.2. The number of benzene rings is 3. The third kappa shape index (κ3) is 6.08. The van der Waals surface area contributed by atoms with Gasteiger partial charge in [0.25, 0.3) is 0 Å². The number of piperidine rings is 1. The zero-order valence-corrected chi connectivity index (χ0v) is 18.2. The van der Waals surface area contributed by atoms with Gasteiger partial charge in [-0.05, 0) is 29.5 Å². The largest absolute Gasteiger partial charge is 0.445 e. The molecule has 1 fully saturated rings. The van der Waals surface area contributed by atoms with E-state index in [1.165, 1.54) is 0 Å². The summed E-state index contributed by atoms with van der Waals surface area (Å²) in [4.78, 5) is 14.8. The van der Waals surface area contributed by atoms with Gasteiger partial charge in [-0.15, -0.1) is 0 Å². The van der Waals surface area contributed by atoms with Crippen molar-refractivity contribution >= 4 is 12.2 Å². The molecule has 0 spiro atoms. The van der Waals surface area contributed by atoms with E-state index in [9.17, 15) is 4.79 Å². The van der Waals surface area contributed by atoms with Gasteiger partial charge in [0.15, 0.2) is 0 Å². The molecule has 0 radical (unpaired) electrons. The smallest absolute Gasteiger partial charge is 0.410 e. The first-order valence-electron chi connectivity index (χ1n) is 11.2. The molecule has 1 aliphatic heterocycles. The van der Waals surface area contributed by atoms with E-state index in [2.05, 4.69) is 36.4 Å². The molecule has 164 valence electrons. The molecule has 4 nitrogen and oxygen atoms in total. The van der Waals surface area contributed by atoms with Gasteiger partial charge in [0.1, 0.15) is 6.61 Å². The molecule has 0 aliphatic carbocycles. The summed E-state index contributed by atoms with van der Waals surface area (Å²) < 4.78 is 12.0. The Kier molecular flexibility index (Phi) is 7.72. The van der Waals surface area contributed by atoms with E-state index in [0.29, 0.717) is 13.2 Å². The molecule has 3 aromatic carbocycles. The van der Waals surface area contributed by atoms with Crippen LogP contribution in [-0.4, -0.2) is 29.7 Å². The van der Waals surface area contributed by atoms with Crippen LogP contribution in [0.15, 0.2) is 97.1 Å². The molecule has 0 N–H and O–H groups in total. The Morgan fingerprint density at radius 2 is 1.44 bits per heavy atom. The van der Waals surface area contributed by atoms with Crippen molar-refractivity contribution in [3.63, 3.8) is 0 Å². The van der Waals surface area contributed by atoms with E-state index in [-0.39, 0.29) is 24.8 Å². The van der Waals surface area contributed by atoms with Gasteiger partial charge in [-0.1, -0.05) is 103 Å². The van der Waals surface area contributed by atoms with Crippen LogP contribution in [0.1, 0.15) is 29.5 Å². The van der Waals surface area contributed by atoms with E-state index >= 15 is 0 Å². The first-order chi connectivity index (χ1) is 15.8. The van der Waals surface area contributed by atoms with Crippen LogP contribution in [-0.2, 0) is 22.7 Å². The fraction of sp³-hybridized carbons (Fsp3) is 0.250. The van der Waals surface area contributed by atoms with E-state index < -0.39 is 0 Å². The van der Waals surface area contributed by atoms with Crippen molar-refractivity contribution < 1.29 is 14.3 Å². The van der Waals surface area contributed by atoms with Crippen molar-refractivity contribution in [1.82, 2.24) is 4.90 Å². The fourth-order valence-electron chi connectivity index (χ4n) is 3.96. The average Bonchev–Trinajstić information content (AvgIpc) is 2.86. The lowest BCUT2D eigenvalue weighted by molar-refractivity contribution is -0.0341. The predicted molar refractivity (Wildman–Crippen MR) is 127 cm³/mol. The molecular weight excluding hydrogens is 398 g/mol. The number of rotatable bonds is 7. The standard InChI is InChI=1S/C28H29NO3/c30-28(32-22-25-15-8-3-9-16-25)29-20-10-17-27(31-21-24-13-6-2-7-14-24)26(29)19-18-23-11-4-1-5-12-23/h1-9,11-16,18-19,26-27H,10,17,20-22H2/b19-18+/t26-,27+/m0/s1. The molecule has 1 saturated heterocycles. The van der Waals surface area contributed by atoms with Crippen molar-refractivity contribution in [2.75, 3.05) is 6.54 Å². The summed E-state index contributed by atoms with van der Waals surface area (Å²) in [6, 6.07) is 29.9. The van der Waals surface area contributed by atoms with Gasteiger partial charge in [0.05, 0.1) is 18.8 Å². The van der Waals surface area contributed by atoms with Crippen molar-refractivity contribution in [2.24, 2.45) is 0 Å². The minimum atomic E-state index is -0.301. The monoisotopic (exact) mass is 427 g/mol. The highest BCUT2D eigenvalue weighted by Gasteiger charge is 2.34. The molecule has 1 amide bonds. The summed E-state index contributed by atoms with van der Waals surface area (Å²) in [5.74, 6) is 0. The Hall–Kier alpha value is -3.37. The molecule has 0 bridgehead atoms. The molecule has 0 aromatic heterocycles. The average molecular weight is 428 g/mol. The Labute approximate surface area is 190 Å². The summed E-state index contributed by atoms with van der Waals surface area (Å²) >= 11 is 0. The zero-order chi connectivity index (χ0) is 22.0. The number of ether oxygens (including phenoxy) is 2. The van der Waals surface area contributed by atoms with Gasteiger partial charge in [-0.2, -0.15) is 0 Å². The van der Waals surface area contributed by atoms with Gasteiger partial charge in [0, 0.05) is 6.54 Å². The van der Waals surface area contributed by atoms with Gasteiger partial charge >= 0.3 is 6.09 Å². The predicted octanol–water partition coefficient (Wildman–Crippen LogP) is 6.09. The van der Waals surface area contributed by atoms with E-state index in [0.717, 1.165) is 29.5 Å². The van der Waals surface area contributed by atoms with Crippen molar-refractivity contribution in [2.45, 2.75) is 38.2 Å². The lowest BCUT2D eigenvalue weighted by atomic mass is 9.97. The molecular formula is C28H29NO3. The molecule has 3 aromatic rings. The Balaban J connectivity index is 1.48. The van der Waals surface area contributed by atoms with Crippen LogP contribution in [0.4, 0.5) is 4.79 Å². The van der Waals surface area contributed by atoms with E-state index in [1.54, 1.807) is 0 Å². The van der Waals surface area contributed by atoms with Crippen LogP contribution in [0.25, 0.3) is 6.08 Å². The fourth-order valence-corrected chi connectivity index (χ4v) is 3.96. The molecule has 32 heavy (non-hydrogen) atoms. The second-order valence-electron chi connectivity index (χ2n) is 7.97. The van der Waals surface area contributed by atoms with Crippen molar-refractivity contribution in [1.29, 1.82) is 0 Å². The van der Waals surface area contributed by atoms with Gasteiger partial charge in [-0.3, -0.25) is 4.90 Å². The highest BCUT2D eigenvalue weighted by molar-refractivity contribution is 5.69. The molecule has 2 atom stereocenters. The van der Waals surface area contributed by atoms with Crippen LogP contribution in [0.5, 0.6) is 0 Å². The second kappa shape index (κ2) is 11.3. The summed E-state index contributed by atoms with van der Waals surface area (Å²) in [7, 11) is 0. The highest BCUT2D eigenvalue weighted by Crippen LogP contribution is 2.25. The molecule has 0 unspecified atom stereocenters. The van der Waals surface area contributed by atoms with Crippen LogP contribution in [0, 0.1) is 0 Å². The Morgan fingerprint density at radius 1 is 0.844 bits per heavy atom. The summed E-state index contributed by atoms with van der Waals surface area (Å²) in [6.45, 7) is 1.44. The third-order valence-corrected chi connectivity index (χ3v) is 5.66. The minimum absolute atomic E-state index is 0.0896. The summed E-state index contributed by atoms with van der Waals surface area (Å²) in [5, 5.41) is 0. The number of carbonyl (C=O) groups excluding carboxylic acids is 1. The van der Waals surface area contributed by atoms with Gasteiger partial charge in [-0.25, -0.2) is 4.79 Å². The number of likely N-dealkylation sites (tertiary alicyclic amines) is 1. The Morgan fingerprint density at radius 3 is 2.09 bits per heavy atom. The van der Waals surface area contributed by atoms with Crippen LogP contribution < -0.4 is 0 Å². The first-order valence-corrected chi connectivity index (χ1v) is 11.2.